The fourth-order valence-electron chi connectivity index (χ4n) is 1.45. The summed E-state index contributed by atoms with van der Waals surface area (Å²) in [5, 5.41) is 6.21. The molecule has 4 heteroatoms. The summed E-state index contributed by atoms with van der Waals surface area (Å²) in [6.07, 6.45) is 3.67. The molecule has 0 fully saturated rings. The number of thiophene rings is 1. The van der Waals surface area contributed by atoms with Crippen LogP contribution in [-0.4, -0.2) is 4.98 Å². The molecule has 0 amide bonds. The first-order chi connectivity index (χ1) is 7.75. The highest BCUT2D eigenvalue weighted by molar-refractivity contribution is 7.10. The lowest BCUT2D eigenvalue weighted by Gasteiger charge is -2.12. The molecule has 2 aromatic rings. The van der Waals surface area contributed by atoms with E-state index >= 15 is 0 Å². The first-order valence-electron chi connectivity index (χ1n) is 5.12. The van der Waals surface area contributed by atoms with E-state index in [1.165, 1.54) is 10.4 Å². The van der Waals surface area contributed by atoms with Gasteiger partial charge in [-0.2, -0.15) is 0 Å². The molecule has 16 heavy (non-hydrogen) atoms. The molecule has 2 nitrogen and oxygen atoms in total. The maximum absolute atomic E-state index is 5.87. The number of rotatable bonds is 4. The molecular formula is C12H13ClN2S. The van der Waals surface area contributed by atoms with Crippen LogP contribution >= 0.6 is 22.9 Å². The average molecular weight is 253 g/mol. The van der Waals surface area contributed by atoms with Crippen LogP contribution in [0.25, 0.3) is 0 Å². The Balaban J connectivity index is 1.91. The Hall–Kier alpha value is -0.900. The topological polar surface area (TPSA) is 24.9 Å². The van der Waals surface area contributed by atoms with Crippen molar-refractivity contribution in [2.24, 2.45) is 0 Å². The van der Waals surface area contributed by atoms with E-state index in [9.17, 15) is 0 Å². The lowest BCUT2D eigenvalue weighted by atomic mass is 10.1. The molecule has 2 aromatic heterocycles. The Morgan fingerprint density at radius 1 is 1.56 bits per heavy atom. The highest BCUT2D eigenvalue weighted by atomic mass is 35.5. The lowest BCUT2D eigenvalue weighted by molar-refractivity contribution is 0.577. The summed E-state index contributed by atoms with van der Waals surface area (Å²) >= 11 is 7.54. The van der Waals surface area contributed by atoms with Crippen molar-refractivity contribution in [2.75, 3.05) is 0 Å². The standard InChI is InChI=1S/C12H13ClN2S/c1-9(10-3-2-4-14-6-10)15-7-12-5-11(13)8-16-12/h2-6,8-9,15H,7H2,1H3/t9-/m1/s1. The molecule has 0 bridgehead atoms. The summed E-state index contributed by atoms with van der Waals surface area (Å²) in [6.45, 7) is 2.97. The minimum atomic E-state index is 0.301. The summed E-state index contributed by atoms with van der Waals surface area (Å²) in [7, 11) is 0. The molecule has 2 rings (SSSR count). The number of halogens is 1. The Bertz CT molecular complexity index is 441. The summed E-state index contributed by atoms with van der Waals surface area (Å²) in [5.74, 6) is 0. The van der Waals surface area contributed by atoms with Crippen LogP contribution in [0.3, 0.4) is 0 Å². The van der Waals surface area contributed by atoms with Gasteiger partial charge in [0, 0.05) is 35.2 Å². The normalized spacial score (nSPS) is 12.6. The van der Waals surface area contributed by atoms with Crippen molar-refractivity contribution in [1.29, 1.82) is 0 Å². The predicted octanol–water partition coefficient (Wildman–Crippen LogP) is 3.65. The molecule has 0 saturated heterocycles. The van der Waals surface area contributed by atoms with Crippen molar-refractivity contribution in [2.45, 2.75) is 19.5 Å². The fourth-order valence-corrected chi connectivity index (χ4v) is 2.47. The van der Waals surface area contributed by atoms with Crippen LogP contribution in [0.2, 0.25) is 5.02 Å². The van der Waals surface area contributed by atoms with Gasteiger partial charge in [-0.25, -0.2) is 0 Å². The van der Waals surface area contributed by atoms with Crippen molar-refractivity contribution in [3.8, 4) is 0 Å². The highest BCUT2D eigenvalue weighted by Gasteiger charge is 2.05. The van der Waals surface area contributed by atoms with E-state index in [1.807, 2.05) is 23.7 Å². The second-order valence-corrected chi connectivity index (χ2v) is 5.05. The van der Waals surface area contributed by atoms with E-state index in [2.05, 4.69) is 23.3 Å². The van der Waals surface area contributed by atoms with Gasteiger partial charge in [0.15, 0.2) is 0 Å². The highest BCUT2D eigenvalue weighted by Crippen LogP contribution is 2.20. The van der Waals surface area contributed by atoms with Gasteiger partial charge in [0.05, 0.1) is 5.02 Å². The molecule has 1 atom stereocenters. The van der Waals surface area contributed by atoms with Crippen LogP contribution in [0.4, 0.5) is 0 Å². The molecule has 0 aliphatic rings. The Kier molecular flexibility index (Phi) is 3.93. The van der Waals surface area contributed by atoms with E-state index in [0.29, 0.717) is 6.04 Å². The van der Waals surface area contributed by atoms with Crippen molar-refractivity contribution in [3.05, 3.63) is 51.4 Å². The van der Waals surface area contributed by atoms with E-state index in [4.69, 9.17) is 11.6 Å². The molecule has 0 aliphatic carbocycles. The monoisotopic (exact) mass is 252 g/mol. The molecule has 0 unspecified atom stereocenters. The van der Waals surface area contributed by atoms with E-state index < -0.39 is 0 Å². The zero-order valence-electron chi connectivity index (χ0n) is 8.98. The number of hydrogen-bond donors (Lipinski definition) is 1. The largest absolute Gasteiger partial charge is 0.305 e. The van der Waals surface area contributed by atoms with Crippen molar-refractivity contribution >= 4 is 22.9 Å². The van der Waals surface area contributed by atoms with Gasteiger partial charge in [-0.05, 0) is 24.6 Å². The third kappa shape index (κ3) is 3.04. The van der Waals surface area contributed by atoms with Gasteiger partial charge < -0.3 is 5.32 Å². The van der Waals surface area contributed by atoms with Crippen LogP contribution < -0.4 is 5.32 Å². The molecule has 84 valence electrons. The molecular weight excluding hydrogens is 240 g/mol. The third-order valence-corrected chi connectivity index (χ3v) is 3.67. The first-order valence-corrected chi connectivity index (χ1v) is 6.37. The van der Waals surface area contributed by atoms with Crippen LogP contribution in [0.15, 0.2) is 36.0 Å². The van der Waals surface area contributed by atoms with Gasteiger partial charge in [0.2, 0.25) is 0 Å². The average Bonchev–Trinajstić information content (AvgIpc) is 2.73. The van der Waals surface area contributed by atoms with Crippen LogP contribution in [0.1, 0.15) is 23.4 Å². The zero-order valence-corrected chi connectivity index (χ0v) is 10.6. The fraction of sp³-hybridized carbons (Fsp3) is 0.250. The molecule has 0 saturated carbocycles. The maximum Gasteiger partial charge on any atom is 0.0516 e. The Morgan fingerprint density at radius 3 is 3.06 bits per heavy atom. The first kappa shape index (κ1) is 11.6. The number of nitrogens with zero attached hydrogens (tertiary/aromatic N) is 1. The van der Waals surface area contributed by atoms with Crippen LogP contribution in [0, 0.1) is 0 Å². The summed E-state index contributed by atoms with van der Waals surface area (Å²) < 4.78 is 0. The minimum absolute atomic E-state index is 0.301. The Labute approximate surface area is 104 Å². The number of pyridine rings is 1. The molecule has 2 heterocycles. The molecule has 0 aromatic carbocycles. The molecule has 0 radical (unpaired) electrons. The summed E-state index contributed by atoms with van der Waals surface area (Å²) in [4.78, 5) is 5.36. The van der Waals surface area contributed by atoms with Crippen molar-refractivity contribution in [1.82, 2.24) is 10.3 Å². The molecule has 1 N–H and O–H groups in total. The van der Waals surface area contributed by atoms with Crippen LogP contribution in [0.5, 0.6) is 0 Å². The number of hydrogen-bond acceptors (Lipinski definition) is 3. The number of nitrogens with one attached hydrogen (secondary N) is 1. The van der Waals surface area contributed by atoms with Gasteiger partial charge in [-0.3, -0.25) is 4.98 Å². The summed E-state index contributed by atoms with van der Waals surface area (Å²) in [5.41, 5.74) is 1.20. The lowest BCUT2D eigenvalue weighted by Crippen LogP contribution is -2.17. The third-order valence-electron chi connectivity index (χ3n) is 2.39. The van der Waals surface area contributed by atoms with E-state index in [1.54, 1.807) is 17.5 Å². The quantitative estimate of drug-likeness (QED) is 0.899. The SMILES string of the molecule is C[C@@H](NCc1cc(Cl)cs1)c1cccnc1. The predicted molar refractivity (Wildman–Crippen MR) is 68.8 cm³/mol. The maximum atomic E-state index is 5.87. The van der Waals surface area contributed by atoms with Gasteiger partial charge in [-0.1, -0.05) is 17.7 Å². The van der Waals surface area contributed by atoms with E-state index in [-0.39, 0.29) is 0 Å². The molecule has 0 spiro atoms. The van der Waals surface area contributed by atoms with Gasteiger partial charge in [0.1, 0.15) is 0 Å². The van der Waals surface area contributed by atoms with Crippen molar-refractivity contribution < 1.29 is 0 Å². The second-order valence-electron chi connectivity index (χ2n) is 3.62. The zero-order chi connectivity index (χ0) is 11.4. The van der Waals surface area contributed by atoms with Gasteiger partial charge in [-0.15, -0.1) is 11.3 Å². The van der Waals surface area contributed by atoms with E-state index in [0.717, 1.165) is 11.6 Å². The molecule has 0 aliphatic heterocycles. The Morgan fingerprint density at radius 2 is 2.44 bits per heavy atom. The number of aromatic nitrogens is 1. The second kappa shape index (κ2) is 5.43. The summed E-state index contributed by atoms with van der Waals surface area (Å²) in [6, 6.07) is 6.33. The smallest absolute Gasteiger partial charge is 0.0516 e. The van der Waals surface area contributed by atoms with Gasteiger partial charge in [0.25, 0.3) is 0 Å². The van der Waals surface area contributed by atoms with Gasteiger partial charge >= 0.3 is 0 Å². The van der Waals surface area contributed by atoms with Crippen molar-refractivity contribution in [3.63, 3.8) is 0 Å². The van der Waals surface area contributed by atoms with Crippen LogP contribution in [-0.2, 0) is 6.54 Å². The minimum Gasteiger partial charge on any atom is -0.305 e.